The van der Waals surface area contributed by atoms with Gasteiger partial charge in [-0.05, 0) is 54.2 Å². The number of nitrogens with one attached hydrogen (secondary N) is 1. The van der Waals surface area contributed by atoms with E-state index in [2.05, 4.69) is 30.4 Å². The molecule has 0 bridgehead atoms. The second kappa shape index (κ2) is 4.50. The summed E-state index contributed by atoms with van der Waals surface area (Å²) in [5.41, 5.74) is 6.28. The van der Waals surface area contributed by atoms with Crippen molar-refractivity contribution in [2.75, 3.05) is 0 Å². The van der Waals surface area contributed by atoms with E-state index in [-0.39, 0.29) is 17.4 Å². The SMILES string of the molecule is Cc1ccc2c(c1)CN[C@@H]1CCc3cc(O)c(O)cc3[C@@H]21. The Labute approximate surface area is 124 Å². The highest BCUT2D eigenvalue weighted by Gasteiger charge is 2.35. The van der Waals surface area contributed by atoms with Crippen molar-refractivity contribution in [3.63, 3.8) is 0 Å². The molecule has 21 heavy (non-hydrogen) atoms. The van der Waals surface area contributed by atoms with Crippen molar-refractivity contribution >= 4 is 0 Å². The Morgan fingerprint density at radius 2 is 1.81 bits per heavy atom. The molecule has 0 fully saturated rings. The van der Waals surface area contributed by atoms with Gasteiger partial charge in [-0.15, -0.1) is 0 Å². The minimum absolute atomic E-state index is 0.0138. The third-order valence-corrected chi connectivity index (χ3v) is 4.89. The number of phenolic OH excluding ortho intramolecular Hbond substituents is 2. The van der Waals surface area contributed by atoms with Crippen LogP contribution >= 0.6 is 0 Å². The molecular weight excluding hydrogens is 262 g/mol. The average Bonchev–Trinajstić information content (AvgIpc) is 2.47. The summed E-state index contributed by atoms with van der Waals surface area (Å²) in [6.07, 6.45) is 2.01. The lowest BCUT2D eigenvalue weighted by atomic mass is 9.72. The fraction of sp³-hybridized carbons (Fsp3) is 0.333. The fourth-order valence-corrected chi connectivity index (χ4v) is 3.87. The zero-order chi connectivity index (χ0) is 14.6. The first-order chi connectivity index (χ1) is 10.1. The highest BCUT2D eigenvalue weighted by Crippen LogP contribution is 2.44. The van der Waals surface area contributed by atoms with Crippen LogP contribution in [0, 0.1) is 6.92 Å². The lowest BCUT2D eigenvalue weighted by Gasteiger charge is -2.39. The summed E-state index contributed by atoms with van der Waals surface area (Å²) in [5.74, 6) is 0.235. The Balaban J connectivity index is 1.91. The van der Waals surface area contributed by atoms with Crippen molar-refractivity contribution in [3.05, 3.63) is 58.1 Å². The molecule has 3 heteroatoms. The zero-order valence-corrected chi connectivity index (χ0v) is 12.1. The van der Waals surface area contributed by atoms with Crippen LogP contribution in [0.15, 0.2) is 30.3 Å². The van der Waals surface area contributed by atoms with Gasteiger partial charge in [-0.2, -0.15) is 0 Å². The minimum atomic E-state index is -0.0198. The van der Waals surface area contributed by atoms with Gasteiger partial charge in [0.05, 0.1) is 0 Å². The van der Waals surface area contributed by atoms with Crippen LogP contribution in [0.5, 0.6) is 11.5 Å². The number of hydrogen-bond acceptors (Lipinski definition) is 3. The van der Waals surface area contributed by atoms with Crippen LogP contribution in [0.4, 0.5) is 0 Å². The molecule has 2 aromatic carbocycles. The number of phenols is 2. The first kappa shape index (κ1) is 12.7. The number of aromatic hydroxyl groups is 2. The van der Waals surface area contributed by atoms with Crippen molar-refractivity contribution in [2.24, 2.45) is 0 Å². The summed E-state index contributed by atoms with van der Waals surface area (Å²) in [7, 11) is 0. The molecule has 4 rings (SSSR count). The number of aryl methyl sites for hydroxylation is 2. The van der Waals surface area contributed by atoms with Gasteiger partial charge in [0, 0.05) is 18.5 Å². The van der Waals surface area contributed by atoms with E-state index < -0.39 is 0 Å². The molecular formula is C18H19NO2. The highest BCUT2D eigenvalue weighted by molar-refractivity contribution is 5.53. The second-order valence-electron chi connectivity index (χ2n) is 6.25. The maximum atomic E-state index is 9.89. The van der Waals surface area contributed by atoms with E-state index in [1.54, 1.807) is 12.1 Å². The molecule has 108 valence electrons. The first-order valence-electron chi connectivity index (χ1n) is 7.51. The van der Waals surface area contributed by atoms with Gasteiger partial charge in [-0.1, -0.05) is 23.8 Å². The molecule has 2 aromatic rings. The Morgan fingerprint density at radius 1 is 1.00 bits per heavy atom. The largest absolute Gasteiger partial charge is 0.504 e. The molecule has 1 aliphatic heterocycles. The fourth-order valence-electron chi connectivity index (χ4n) is 3.87. The number of hydrogen-bond donors (Lipinski definition) is 3. The van der Waals surface area contributed by atoms with Gasteiger partial charge in [0.15, 0.2) is 11.5 Å². The molecule has 0 aromatic heterocycles. The molecule has 1 heterocycles. The Morgan fingerprint density at radius 3 is 2.67 bits per heavy atom. The Bertz CT molecular complexity index is 723. The highest BCUT2D eigenvalue weighted by atomic mass is 16.3. The van der Waals surface area contributed by atoms with Crippen molar-refractivity contribution in [1.82, 2.24) is 5.32 Å². The zero-order valence-electron chi connectivity index (χ0n) is 12.1. The molecule has 3 nitrogen and oxygen atoms in total. The molecule has 2 aliphatic rings. The van der Waals surface area contributed by atoms with Crippen molar-refractivity contribution in [2.45, 2.75) is 38.3 Å². The standard InChI is InChI=1S/C18H19NO2/c1-10-2-4-13-12(6-10)9-19-15-5-3-11-7-16(20)17(21)8-14(11)18(13)15/h2,4,6-8,15,18-21H,3,5,9H2,1H3/t15-,18-/m1/s1. The molecule has 0 spiro atoms. The maximum Gasteiger partial charge on any atom is 0.157 e. The van der Waals surface area contributed by atoms with E-state index in [9.17, 15) is 10.2 Å². The lowest BCUT2D eigenvalue weighted by Crippen LogP contribution is -2.42. The third kappa shape index (κ3) is 1.92. The minimum Gasteiger partial charge on any atom is -0.504 e. The predicted octanol–water partition coefficient (Wildman–Crippen LogP) is 2.96. The molecule has 3 N–H and O–H groups in total. The second-order valence-corrected chi connectivity index (χ2v) is 6.25. The van der Waals surface area contributed by atoms with E-state index in [0.717, 1.165) is 30.5 Å². The summed E-state index contributed by atoms with van der Waals surface area (Å²) < 4.78 is 0. The molecule has 0 saturated heterocycles. The average molecular weight is 281 g/mol. The lowest BCUT2D eigenvalue weighted by molar-refractivity contribution is 0.380. The van der Waals surface area contributed by atoms with Crippen molar-refractivity contribution in [3.8, 4) is 11.5 Å². The first-order valence-corrected chi connectivity index (χ1v) is 7.51. The molecule has 2 atom stereocenters. The molecule has 0 amide bonds. The summed E-state index contributed by atoms with van der Waals surface area (Å²) in [5, 5.41) is 23.3. The Hall–Kier alpha value is -2.00. The van der Waals surface area contributed by atoms with Gasteiger partial charge in [-0.25, -0.2) is 0 Å². The quantitative estimate of drug-likeness (QED) is 0.651. The van der Waals surface area contributed by atoms with E-state index in [1.165, 1.54) is 16.7 Å². The summed E-state index contributed by atoms with van der Waals surface area (Å²) >= 11 is 0. The molecule has 0 radical (unpaired) electrons. The van der Waals surface area contributed by atoms with Crippen LogP contribution in [0.3, 0.4) is 0 Å². The molecule has 0 saturated carbocycles. The van der Waals surface area contributed by atoms with Crippen LogP contribution in [-0.2, 0) is 13.0 Å². The van der Waals surface area contributed by atoms with Crippen LogP contribution in [0.2, 0.25) is 0 Å². The number of benzene rings is 2. The van der Waals surface area contributed by atoms with Crippen LogP contribution in [0.1, 0.15) is 40.2 Å². The predicted molar refractivity (Wildman–Crippen MR) is 81.7 cm³/mol. The van der Waals surface area contributed by atoms with E-state index in [0.29, 0.717) is 6.04 Å². The summed E-state index contributed by atoms with van der Waals surface area (Å²) in [6, 6.07) is 10.5. The van der Waals surface area contributed by atoms with Gasteiger partial charge in [0.25, 0.3) is 0 Å². The number of rotatable bonds is 0. The maximum absolute atomic E-state index is 9.89. The normalized spacial score (nSPS) is 23.1. The van der Waals surface area contributed by atoms with Gasteiger partial charge in [0.1, 0.15) is 0 Å². The molecule has 1 aliphatic carbocycles. The van der Waals surface area contributed by atoms with Crippen LogP contribution < -0.4 is 5.32 Å². The monoisotopic (exact) mass is 281 g/mol. The van der Waals surface area contributed by atoms with Gasteiger partial charge < -0.3 is 15.5 Å². The van der Waals surface area contributed by atoms with Gasteiger partial charge >= 0.3 is 0 Å². The Kier molecular flexibility index (Phi) is 2.73. The van der Waals surface area contributed by atoms with Gasteiger partial charge in [-0.3, -0.25) is 0 Å². The van der Waals surface area contributed by atoms with Gasteiger partial charge in [0.2, 0.25) is 0 Å². The van der Waals surface area contributed by atoms with E-state index >= 15 is 0 Å². The summed E-state index contributed by atoms with van der Waals surface area (Å²) in [4.78, 5) is 0. The van der Waals surface area contributed by atoms with Crippen LogP contribution in [-0.4, -0.2) is 16.3 Å². The van der Waals surface area contributed by atoms with Crippen molar-refractivity contribution < 1.29 is 10.2 Å². The topological polar surface area (TPSA) is 52.5 Å². The summed E-state index contributed by atoms with van der Waals surface area (Å²) in [6.45, 7) is 3.03. The van der Waals surface area contributed by atoms with E-state index in [1.807, 2.05) is 0 Å². The van der Waals surface area contributed by atoms with Crippen LogP contribution in [0.25, 0.3) is 0 Å². The smallest absolute Gasteiger partial charge is 0.157 e. The third-order valence-electron chi connectivity index (χ3n) is 4.89. The number of fused-ring (bicyclic) bond motifs is 5. The van der Waals surface area contributed by atoms with Crippen molar-refractivity contribution in [1.29, 1.82) is 0 Å². The molecule has 0 unspecified atom stereocenters. The van der Waals surface area contributed by atoms with E-state index in [4.69, 9.17) is 0 Å².